The number of fused-ring (bicyclic) bond motifs is 1. The minimum atomic E-state index is -0.105. The Labute approximate surface area is 350 Å². The first-order valence-electron chi connectivity index (χ1n) is 23.1. The van der Waals surface area contributed by atoms with Crippen LogP contribution in [0.5, 0.6) is 5.75 Å². The molecule has 1 saturated heterocycles. The first kappa shape index (κ1) is 31.5. The third-order valence-corrected chi connectivity index (χ3v) is 18.2. The number of hydrogen-bond acceptors (Lipinski definition) is 5. The number of likely N-dealkylation sites (tertiary alicyclic amines) is 1. The SMILES string of the molecule is CCOCCOCCOCCN1CC2C3=c4c5c6c7c(cc8c9c%10c%11c%12c%13c%14c(cc%15c%16c(c4c(c5c%11c79)c%12c%14%16)=C(C3)C%15)=CC3=CC(=C8)C%10C3%13)CC62C1c1cccc(OC)c1. The van der Waals surface area contributed by atoms with Crippen LogP contribution in [0.15, 0.2) is 53.6 Å². The van der Waals surface area contributed by atoms with Crippen molar-refractivity contribution in [3.8, 4) is 5.75 Å². The summed E-state index contributed by atoms with van der Waals surface area (Å²) >= 11 is 0. The normalized spacial score (nSPS) is 26.2. The monoisotopic (exact) mass is 791 g/mol. The molecule has 0 bridgehead atoms. The quantitative estimate of drug-likeness (QED) is 0.0920. The van der Waals surface area contributed by atoms with Crippen molar-refractivity contribution >= 4 is 98.7 Å². The van der Waals surface area contributed by atoms with E-state index in [1.54, 1.807) is 136 Å². The van der Waals surface area contributed by atoms with Crippen LogP contribution in [0.3, 0.4) is 0 Å². The van der Waals surface area contributed by atoms with E-state index in [0.717, 1.165) is 44.7 Å². The van der Waals surface area contributed by atoms with Crippen molar-refractivity contribution in [2.75, 3.05) is 59.8 Å². The first-order valence-corrected chi connectivity index (χ1v) is 23.1. The smallest absolute Gasteiger partial charge is 0.119 e. The average Bonchev–Trinajstić information content (AvgIpc) is 4.13. The van der Waals surface area contributed by atoms with Gasteiger partial charge in [0.2, 0.25) is 0 Å². The van der Waals surface area contributed by atoms with Gasteiger partial charge in [0, 0.05) is 48.9 Å². The van der Waals surface area contributed by atoms with Crippen LogP contribution in [0, 0.1) is 5.92 Å². The van der Waals surface area contributed by atoms with Gasteiger partial charge >= 0.3 is 0 Å². The van der Waals surface area contributed by atoms with Crippen molar-refractivity contribution in [1.29, 1.82) is 0 Å². The minimum absolute atomic E-state index is 0.105. The molecule has 9 aliphatic rings. The second-order valence-corrected chi connectivity index (χ2v) is 20.2. The van der Waals surface area contributed by atoms with Crippen molar-refractivity contribution in [1.82, 2.24) is 4.90 Å². The Morgan fingerprint density at radius 1 is 0.656 bits per heavy atom. The van der Waals surface area contributed by atoms with Crippen LogP contribution in [-0.2, 0) is 32.5 Å². The van der Waals surface area contributed by atoms with Gasteiger partial charge in [0.25, 0.3) is 0 Å². The van der Waals surface area contributed by atoms with Crippen LogP contribution in [0.4, 0.5) is 0 Å². The number of nitrogens with zero attached hydrogens (tertiary/aromatic N) is 1. The third kappa shape index (κ3) is 3.01. The number of methoxy groups -OCH3 is 1. The van der Waals surface area contributed by atoms with Crippen molar-refractivity contribution in [2.24, 2.45) is 5.92 Å². The number of hydrogen-bond donors (Lipinski definition) is 0. The fourth-order valence-electron chi connectivity index (χ4n) is 16.9. The van der Waals surface area contributed by atoms with Gasteiger partial charge in [-0.05, 0) is 179 Å². The summed E-state index contributed by atoms with van der Waals surface area (Å²) < 4.78 is 23.8. The van der Waals surface area contributed by atoms with E-state index in [-0.39, 0.29) is 11.5 Å². The lowest BCUT2D eigenvalue weighted by atomic mass is 9.60. The summed E-state index contributed by atoms with van der Waals surface area (Å²) in [5.41, 5.74) is 17.5. The Hall–Kier alpha value is -5.30. The number of ether oxygens (including phenoxy) is 4. The van der Waals surface area contributed by atoms with Crippen LogP contribution in [0.2, 0.25) is 0 Å². The van der Waals surface area contributed by atoms with Crippen molar-refractivity contribution in [3.63, 3.8) is 0 Å². The zero-order valence-corrected chi connectivity index (χ0v) is 34.4. The van der Waals surface area contributed by atoms with Gasteiger partial charge in [0.05, 0.1) is 40.1 Å². The molecule has 5 nitrogen and oxygen atoms in total. The molecule has 5 heteroatoms. The lowest BCUT2D eigenvalue weighted by Crippen LogP contribution is -2.44. The highest BCUT2D eigenvalue weighted by Crippen LogP contribution is 2.72. The molecule has 0 radical (unpaired) electrons. The fourth-order valence-corrected chi connectivity index (χ4v) is 16.9. The summed E-state index contributed by atoms with van der Waals surface area (Å²) in [7, 11) is 1.82. The fraction of sp³-hybridized carbons (Fsp3) is 0.321. The predicted octanol–water partition coefficient (Wildman–Crippen LogP) is 8.36. The van der Waals surface area contributed by atoms with Gasteiger partial charge in [-0.15, -0.1) is 0 Å². The van der Waals surface area contributed by atoms with Crippen molar-refractivity contribution < 1.29 is 18.9 Å². The zero-order valence-electron chi connectivity index (χ0n) is 34.4. The van der Waals surface area contributed by atoms with Crippen LogP contribution in [0.25, 0.3) is 98.7 Å². The molecule has 9 aromatic carbocycles. The summed E-state index contributed by atoms with van der Waals surface area (Å²) in [4.78, 5) is 2.84. The predicted molar refractivity (Wildman–Crippen MR) is 244 cm³/mol. The molecule has 8 aliphatic carbocycles. The first-order chi connectivity index (χ1) is 30.2. The molecule has 0 N–H and O–H groups in total. The van der Waals surface area contributed by atoms with Crippen LogP contribution >= 0.6 is 0 Å². The van der Waals surface area contributed by atoms with Crippen molar-refractivity contribution in [2.45, 2.75) is 49.5 Å². The Kier molecular flexibility index (Phi) is 5.08. The van der Waals surface area contributed by atoms with E-state index in [1.807, 2.05) is 14.0 Å². The van der Waals surface area contributed by atoms with Gasteiger partial charge in [0.15, 0.2) is 0 Å². The molecule has 1 fully saturated rings. The molecule has 1 spiro atoms. The van der Waals surface area contributed by atoms with Crippen LogP contribution < -0.4 is 20.4 Å². The second-order valence-electron chi connectivity index (χ2n) is 20.2. The summed E-state index contributed by atoms with van der Waals surface area (Å²) in [6.07, 6.45) is 11.2. The minimum Gasteiger partial charge on any atom is -0.497 e. The average molecular weight is 792 g/mol. The Morgan fingerprint density at radius 3 is 2.26 bits per heavy atom. The molecule has 9 aromatic rings. The van der Waals surface area contributed by atoms with Gasteiger partial charge in [-0.25, -0.2) is 0 Å². The van der Waals surface area contributed by atoms with Gasteiger partial charge in [-0.3, -0.25) is 4.90 Å². The van der Waals surface area contributed by atoms with E-state index < -0.39 is 0 Å². The molecule has 1 heterocycles. The molecule has 1 aliphatic heterocycles. The Morgan fingerprint density at radius 2 is 1.41 bits per heavy atom. The number of benzene rings is 6. The number of rotatable bonds is 12. The van der Waals surface area contributed by atoms with Crippen molar-refractivity contribution in [3.05, 3.63) is 108 Å². The molecule has 0 amide bonds. The lowest BCUT2D eigenvalue weighted by Gasteiger charge is -2.43. The molecular formula is C56H41NO4. The number of allylic oxidation sites excluding steroid dienone is 3. The maximum atomic E-state index is 6.42. The Balaban J connectivity index is 0.968. The van der Waals surface area contributed by atoms with Crippen LogP contribution in [-0.4, -0.2) is 64.7 Å². The maximum absolute atomic E-state index is 6.42. The van der Waals surface area contributed by atoms with E-state index in [2.05, 4.69) is 59.5 Å². The van der Waals surface area contributed by atoms with Gasteiger partial charge < -0.3 is 18.9 Å². The molecule has 0 saturated carbocycles. The molecule has 294 valence electrons. The van der Waals surface area contributed by atoms with E-state index >= 15 is 0 Å². The van der Waals surface area contributed by atoms with E-state index in [0.29, 0.717) is 50.8 Å². The molecule has 0 aromatic heterocycles. The van der Waals surface area contributed by atoms with Gasteiger partial charge in [-0.2, -0.15) is 0 Å². The highest BCUT2D eigenvalue weighted by atomic mass is 16.5. The molecular weight excluding hydrogens is 751 g/mol. The second kappa shape index (κ2) is 9.83. The summed E-state index contributed by atoms with van der Waals surface area (Å²) in [5.74, 6) is 2.20. The zero-order chi connectivity index (χ0) is 39.1. The van der Waals surface area contributed by atoms with E-state index in [4.69, 9.17) is 18.9 Å². The topological polar surface area (TPSA) is 40.2 Å². The molecule has 5 atom stereocenters. The van der Waals surface area contributed by atoms with Gasteiger partial charge in [0.1, 0.15) is 5.75 Å². The molecule has 18 rings (SSSR count). The molecule has 61 heavy (non-hydrogen) atoms. The van der Waals surface area contributed by atoms with Crippen LogP contribution in [0.1, 0.15) is 70.2 Å². The van der Waals surface area contributed by atoms with E-state index in [9.17, 15) is 0 Å². The maximum Gasteiger partial charge on any atom is 0.119 e. The van der Waals surface area contributed by atoms with Gasteiger partial charge in [-0.1, -0.05) is 53.6 Å². The highest BCUT2D eigenvalue weighted by Gasteiger charge is 2.63. The standard InChI is InChI=1S/C56H41NO4/c1-3-59-9-10-61-12-11-60-8-7-57-22-33-32-20-29-17-26-15-27-14-24-13-25-16-28-18-30-21-56(33,55(57)23-5-4-6-31(19-23)58-2)54-40(30)45-39(28)44-35(25)34(24)42-38(27)43-36(26)37(29)46-41(32)53(54)52-50(45)48(44)47(42)49(43)51(46)52/h4-6,13-16,18-19,33-35,55H,3,7-12,17,20-22H2,1-2H3. The third-order valence-electron chi connectivity index (χ3n) is 18.2. The summed E-state index contributed by atoms with van der Waals surface area (Å²) in [6, 6.07) is 14.7. The highest BCUT2D eigenvalue weighted by molar-refractivity contribution is 6.53. The van der Waals surface area contributed by atoms with E-state index in [1.165, 1.54) is 16.3 Å². The Bertz CT molecular complexity index is 3920. The lowest BCUT2D eigenvalue weighted by molar-refractivity contribution is 0.0112. The molecule has 5 unspecified atom stereocenters. The largest absolute Gasteiger partial charge is 0.497 e. The summed E-state index contributed by atoms with van der Waals surface area (Å²) in [6.45, 7) is 7.78. The summed E-state index contributed by atoms with van der Waals surface area (Å²) in [5, 5.41) is 27.6.